The lowest BCUT2D eigenvalue weighted by atomic mass is 9.82. The topological polar surface area (TPSA) is 18.5 Å². The summed E-state index contributed by atoms with van der Waals surface area (Å²) in [6.45, 7) is 2.66. The lowest BCUT2D eigenvalue weighted by Gasteiger charge is -2.28. The van der Waals surface area contributed by atoms with Crippen LogP contribution in [-0.4, -0.2) is 19.8 Å². The van der Waals surface area contributed by atoms with E-state index in [1.54, 1.807) is 37.5 Å². The van der Waals surface area contributed by atoms with Crippen LogP contribution in [0.3, 0.4) is 0 Å². The molecule has 5 heteroatoms. The highest BCUT2D eigenvalue weighted by Gasteiger charge is 2.26. The zero-order valence-corrected chi connectivity index (χ0v) is 20.2. The van der Waals surface area contributed by atoms with E-state index in [1.807, 2.05) is 37.3 Å². The van der Waals surface area contributed by atoms with Crippen molar-refractivity contribution in [2.24, 2.45) is 0 Å². The van der Waals surface area contributed by atoms with Gasteiger partial charge in [0.05, 0.1) is 12.7 Å². The van der Waals surface area contributed by atoms with Crippen LogP contribution in [0, 0.1) is 17.5 Å². The standard InChI is InChI=1S/C30H31F3O2/c1-3-35-19-25-11-10-24(18-28(25)31)21-7-4-20(5-8-21)6-9-23-14-17-27(30(33)29(23)32)22-12-15-26(34-2)16-13-22/h4-11,14,17-18,22,26H,3,12-13,15-16,19H2,1-2H3/b9-6+. The summed E-state index contributed by atoms with van der Waals surface area (Å²) in [6.07, 6.45) is 6.88. The zero-order valence-electron chi connectivity index (χ0n) is 20.2. The Morgan fingerprint density at radius 3 is 2.20 bits per heavy atom. The molecule has 0 heterocycles. The van der Waals surface area contributed by atoms with Gasteiger partial charge in [-0.05, 0) is 66.8 Å². The Kier molecular flexibility index (Phi) is 8.42. The predicted molar refractivity (Wildman–Crippen MR) is 134 cm³/mol. The van der Waals surface area contributed by atoms with Gasteiger partial charge in [0.15, 0.2) is 11.6 Å². The molecule has 4 rings (SSSR count). The summed E-state index contributed by atoms with van der Waals surface area (Å²) in [5.41, 5.74) is 3.67. The van der Waals surface area contributed by atoms with Crippen molar-refractivity contribution in [3.8, 4) is 11.1 Å². The molecular weight excluding hydrogens is 449 g/mol. The first-order chi connectivity index (χ1) is 17.0. The lowest BCUT2D eigenvalue weighted by Crippen LogP contribution is -2.20. The van der Waals surface area contributed by atoms with Gasteiger partial charge in [0.25, 0.3) is 0 Å². The minimum atomic E-state index is -0.813. The van der Waals surface area contributed by atoms with Crippen LogP contribution in [0.5, 0.6) is 0 Å². The first kappa shape index (κ1) is 25.2. The van der Waals surface area contributed by atoms with E-state index in [0.717, 1.165) is 42.4 Å². The maximum atomic E-state index is 14.8. The number of benzene rings is 3. The summed E-state index contributed by atoms with van der Waals surface area (Å²) in [7, 11) is 1.70. The van der Waals surface area contributed by atoms with Crippen molar-refractivity contribution in [2.45, 2.75) is 51.2 Å². The number of methoxy groups -OCH3 is 1. The van der Waals surface area contributed by atoms with Crippen molar-refractivity contribution in [3.05, 3.63) is 94.3 Å². The summed E-state index contributed by atoms with van der Waals surface area (Å²) in [4.78, 5) is 0. The van der Waals surface area contributed by atoms with Gasteiger partial charge in [0, 0.05) is 24.8 Å². The van der Waals surface area contributed by atoms with E-state index in [4.69, 9.17) is 9.47 Å². The second-order valence-corrected chi connectivity index (χ2v) is 8.98. The van der Waals surface area contributed by atoms with Crippen molar-refractivity contribution < 1.29 is 22.6 Å². The molecule has 0 amide bonds. The molecule has 0 radical (unpaired) electrons. The van der Waals surface area contributed by atoms with Gasteiger partial charge >= 0.3 is 0 Å². The van der Waals surface area contributed by atoms with E-state index in [2.05, 4.69) is 0 Å². The summed E-state index contributed by atoms with van der Waals surface area (Å²) in [5, 5.41) is 0. The van der Waals surface area contributed by atoms with Crippen molar-refractivity contribution in [1.82, 2.24) is 0 Å². The fourth-order valence-corrected chi connectivity index (χ4v) is 4.66. The monoisotopic (exact) mass is 480 g/mol. The molecule has 0 N–H and O–H groups in total. The molecule has 0 atom stereocenters. The Balaban J connectivity index is 1.45. The molecule has 1 fully saturated rings. The summed E-state index contributed by atoms with van der Waals surface area (Å²) in [5.74, 6) is -1.84. The Morgan fingerprint density at radius 2 is 1.54 bits per heavy atom. The van der Waals surface area contributed by atoms with E-state index in [0.29, 0.717) is 17.7 Å². The predicted octanol–water partition coefficient (Wildman–Crippen LogP) is 8.15. The number of rotatable bonds is 8. The Hall–Kier alpha value is -2.89. The van der Waals surface area contributed by atoms with Crippen LogP contribution < -0.4 is 0 Å². The van der Waals surface area contributed by atoms with Crippen molar-refractivity contribution >= 4 is 12.2 Å². The Labute approximate surface area is 205 Å². The molecule has 3 aromatic carbocycles. The van der Waals surface area contributed by atoms with Gasteiger partial charge in [-0.15, -0.1) is 0 Å². The van der Waals surface area contributed by atoms with Crippen LogP contribution in [0.2, 0.25) is 0 Å². The largest absolute Gasteiger partial charge is 0.381 e. The van der Waals surface area contributed by atoms with Gasteiger partial charge in [0.2, 0.25) is 0 Å². The van der Waals surface area contributed by atoms with Gasteiger partial charge in [-0.25, -0.2) is 13.2 Å². The maximum absolute atomic E-state index is 14.8. The quantitative estimate of drug-likeness (QED) is 0.303. The van der Waals surface area contributed by atoms with Crippen LogP contribution in [0.25, 0.3) is 23.3 Å². The second-order valence-electron chi connectivity index (χ2n) is 8.98. The summed E-state index contributed by atoms with van der Waals surface area (Å²) < 4.78 is 54.6. The van der Waals surface area contributed by atoms with Gasteiger partial charge in [0.1, 0.15) is 5.82 Å². The molecule has 1 saturated carbocycles. The maximum Gasteiger partial charge on any atom is 0.166 e. The molecule has 3 aromatic rings. The highest BCUT2D eigenvalue weighted by atomic mass is 19.2. The zero-order chi connectivity index (χ0) is 24.8. The average Bonchev–Trinajstić information content (AvgIpc) is 2.89. The molecule has 0 aliphatic heterocycles. The van der Waals surface area contributed by atoms with Crippen LogP contribution in [0.4, 0.5) is 13.2 Å². The molecule has 0 saturated heterocycles. The van der Waals surface area contributed by atoms with Crippen LogP contribution >= 0.6 is 0 Å². The molecule has 1 aliphatic rings. The average molecular weight is 481 g/mol. The second kappa shape index (κ2) is 11.7. The van der Waals surface area contributed by atoms with Gasteiger partial charge in [-0.1, -0.05) is 60.7 Å². The molecule has 0 unspecified atom stereocenters. The van der Waals surface area contributed by atoms with Gasteiger partial charge in [-0.3, -0.25) is 0 Å². The Bertz CT molecular complexity index is 1160. The van der Waals surface area contributed by atoms with Crippen molar-refractivity contribution in [1.29, 1.82) is 0 Å². The SMILES string of the molecule is CCOCc1ccc(-c2ccc(/C=C/c3ccc(C4CCC(OC)CC4)c(F)c3F)cc2)cc1F. The van der Waals surface area contributed by atoms with E-state index >= 15 is 0 Å². The van der Waals surface area contributed by atoms with Crippen LogP contribution in [0.15, 0.2) is 54.6 Å². The molecule has 0 bridgehead atoms. The van der Waals surface area contributed by atoms with Crippen LogP contribution in [0.1, 0.15) is 60.8 Å². The van der Waals surface area contributed by atoms with Crippen molar-refractivity contribution in [3.63, 3.8) is 0 Å². The van der Waals surface area contributed by atoms with E-state index in [-0.39, 0.29) is 30.0 Å². The van der Waals surface area contributed by atoms with Gasteiger partial charge in [-0.2, -0.15) is 0 Å². The lowest BCUT2D eigenvalue weighted by molar-refractivity contribution is 0.0655. The smallest absolute Gasteiger partial charge is 0.166 e. The Morgan fingerprint density at radius 1 is 0.829 bits per heavy atom. The fourth-order valence-electron chi connectivity index (χ4n) is 4.66. The van der Waals surface area contributed by atoms with E-state index in [9.17, 15) is 13.2 Å². The number of hydrogen-bond acceptors (Lipinski definition) is 2. The van der Waals surface area contributed by atoms with Gasteiger partial charge < -0.3 is 9.47 Å². The van der Waals surface area contributed by atoms with Crippen molar-refractivity contribution in [2.75, 3.05) is 13.7 Å². The first-order valence-corrected chi connectivity index (χ1v) is 12.2. The summed E-state index contributed by atoms with van der Waals surface area (Å²) >= 11 is 0. The highest BCUT2D eigenvalue weighted by molar-refractivity contribution is 5.72. The third-order valence-electron chi connectivity index (χ3n) is 6.80. The van der Waals surface area contributed by atoms with E-state index < -0.39 is 11.6 Å². The molecule has 184 valence electrons. The third kappa shape index (κ3) is 6.03. The molecule has 1 aliphatic carbocycles. The molecular formula is C30H31F3O2. The molecule has 35 heavy (non-hydrogen) atoms. The summed E-state index contributed by atoms with van der Waals surface area (Å²) in [6, 6.07) is 16.0. The number of halogens is 3. The molecule has 2 nitrogen and oxygen atoms in total. The normalized spacial score (nSPS) is 18.3. The fraction of sp³-hybridized carbons (Fsp3) is 0.333. The number of hydrogen-bond donors (Lipinski definition) is 0. The highest BCUT2D eigenvalue weighted by Crippen LogP contribution is 2.36. The van der Waals surface area contributed by atoms with Crippen LogP contribution in [-0.2, 0) is 16.1 Å². The minimum Gasteiger partial charge on any atom is -0.381 e. The van der Waals surface area contributed by atoms with E-state index in [1.165, 1.54) is 6.07 Å². The number of ether oxygens (including phenoxy) is 2. The molecule has 0 aromatic heterocycles. The third-order valence-corrected chi connectivity index (χ3v) is 6.80. The minimum absolute atomic E-state index is 0.0274. The molecule has 0 spiro atoms. The first-order valence-electron chi connectivity index (χ1n) is 12.2.